The highest BCUT2D eigenvalue weighted by Crippen LogP contribution is 2.17. The minimum Gasteiger partial charge on any atom is -0.478 e. The van der Waals surface area contributed by atoms with Crippen LogP contribution in [0.3, 0.4) is 0 Å². The first-order chi connectivity index (χ1) is 6.70. The molecule has 1 N–H and O–H groups in total. The fourth-order valence-corrected chi connectivity index (χ4v) is 1.63. The van der Waals surface area contributed by atoms with Gasteiger partial charge in [0, 0.05) is 19.2 Å². The molecule has 0 spiro atoms. The van der Waals surface area contributed by atoms with Gasteiger partial charge < -0.3 is 5.11 Å². The Morgan fingerprint density at radius 1 is 1.57 bits per heavy atom. The monoisotopic (exact) mass is 201 g/mol. The first-order valence-electron chi connectivity index (χ1n) is 4.98. The molecule has 1 rings (SSSR count). The Bertz CT molecular complexity index is 218. The second kappa shape index (κ2) is 5.75. The molecule has 0 aliphatic carbocycles. The van der Waals surface area contributed by atoms with Gasteiger partial charge >= 0.3 is 5.97 Å². The van der Waals surface area contributed by atoms with Crippen molar-refractivity contribution in [2.75, 3.05) is 13.1 Å². The molecule has 1 fully saturated rings. The molecule has 1 aliphatic heterocycles. The number of rotatable bonds is 4. The number of alkyl halides is 1. The molecule has 1 atom stereocenters. The maximum Gasteiger partial charge on any atom is 0.327 e. The summed E-state index contributed by atoms with van der Waals surface area (Å²) in [5.74, 6) is -0.944. The van der Waals surface area contributed by atoms with Gasteiger partial charge in [0.2, 0.25) is 0 Å². The van der Waals surface area contributed by atoms with E-state index in [2.05, 4.69) is 0 Å². The zero-order valence-corrected chi connectivity index (χ0v) is 8.16. The summed E-state index contributed by atoms with van der Waals surface area (Å²) in [4.78, 5) is 11.9. The third-order valence-corrected chi connectivity index (χ3v) is 2.38. The molecular formula is C10H16FNO2. The highest BCUT2D eigenvalue weighted by Gasteiger charge is 2.20. The van der Waals surface area contributed by atoms with Crippen LogP contribution < -0.4 is 0 Å². The number of halogens is 1. The Labute approximate surface area is 83.2 Å². The summed E-state index contributed by atoms with van der Waals surface area (Å²) in [6.45, 7) is 1.41. The van der Waals surface area contributed by atoms with Crippen LogP contribution in [0.4, 0.5) is 4.39 Å². The minimum atomic E-state index is -0.944. The van der Waals surface area contributed by atoms with Gasteiger partial charge in [0.25, 0.3) is 0 Å². The highest BCUT2D eigenvalue weighted by molar-refractivity contribution is 5.79. The molecule has 3 nitrogen and oxygen atoms in total. The Hall–Kier alpha value is -0.900. The van der Waals surface area contributed by atoms with Crippen LogP contribution in [-0.4, -0.2) is 35.4 Å². The summed E-state index contributed by atoms with van der Waals surface area (Å²) in [7, 11) is 0. The summed E-state index contributed by atoms with van der Waals surface area (Å²) in [6, 6.07) is 0. The van der Waals surface area contributed by atoms with Gasteiger partial charge in [-0.25, -0.2) is 9.18 Å². The average molecular weight is 201 g/mol. The molecule has 0 aromatic heterocycles. The van der Waals surface area contributed by atoms with Crippen molar-refractivity contribution < 1.29 is 14.3 Å². The van der Waals surface area contributed by atoms with Crippen molar-refractivity contribution in [3.05, 3.63) is 12.2 Å². The van der Waals surface area contributed by atoms with E-state index in [4.69, 9.17) is 5.11 Å². The Balaban J connectivity index is 2.19. The number of nitrogens with zero attached hydrogens (tertiary/aromatic N) is 1. The van der Waals surface area contributed by atoms with E-state index in [1.54, 1.807) is 11.0 Å². The summed E-state index contributed by atoms with van der Waals surface area (Å²) < 4.78 is 13.2. The van der Waals surface area contributed by atoms with Gasteiger partial charge in [0.05, 0.1) is 0 Å². The average Bonchev–Trinajstić information content (AvgIpc) is 2.15. The van der Waals surface area contributed by atoms with Crippen molar-refractivity contribution in [3.63, 3.8) is 0 Å². The fraction of sp³-hybridized carbons (Fsp3) is 0.700. The molecule has 1 unspecified atom stereocenters. The number of hydrogen-bond acceptors (Lipinski definition) is 2. The quantitative estimate of drug-likeness (QED) is 0.557. The molecule has 0 bridgehead atoms. The molecule has 0 aromatic carbocycles. The van der Waals surface area contributed by atoms with Crippen molar-refractivity contribution in [2.24, 2.45) is 0 Å². The van der Waals surface area contributed by atoms with E-state index in [0.29, 0.717) is 19.4 Å². The molecule has 0 radical (unpaired) electrons. The first kappa shape index (κ1) is 11.2. The topological polar surface area (TPSA) is 40.5 Å². The molecule has 80 valence electrons. The molecule has 1 aliphatic rings. The lowest BCUT2D eigenvalue weighted by Crippen LogP contribution is -2.36. The number of carboxylic acids is 1. The van der Waals surface area contributed by atoms with E-state index in [0.717, 1.165) is 25.5 Å². The van der Waals surface area contributed by atoms with Gasteiger partial charge in [-0.15, -0.1) is 0 Å². The third kappa shape index (κ3) is 3.87. The molecule has 0 aromatic rings. The van der Waals surface area contributed by atoms with Gasteiger partial charge in [0.1, 0.15) is 0 Å². The molecule has 0 saturated carbocycles. The maximum atomic E-state index is 13.2. The second-order valence-electron chi connectivity index (χ2n) is 3.50. The van der Waals surface area contributed by atoms with Crippen molar-refractivity contribution in [2.45, 2.75) is 32.0 Å². The minimum absolute atomic E-state index is 0.604. The first-order valence-corrected chi connectivity index (χ1v) is 4.98. The van der Waals surface area contributed by atoms with E-state index in [9.17, 15) is 9.18 Å². The molecule has 1 saturated heterocycles. The number of aliphatic carboxylic acids is 1. The zero-order valence-electron chi connectivity index (χ0n) is 8.16. The zero-order chi connectivity index (χ0) is 10.4. The Morgan fingerprint density at radius 3 is 3.00 bits per heavy atom. The summed E-state index contributed by atoms with van der Waals surface area (Å²) >= 11 is 0. The van der Waals surface area contributed by atoms with E-state index >= 15 is 0 Å². The van der Waals surface area contributed by atoms with Gasteiger partial charge in [-0.05, 0) is 25.7 Å². The predicted molar refractivity (Wildman–Crippen MR) is 51.7 cm³/mol. The normalized spacial score (nSPS) is 24.2. The van der Waals surface area contributed by atoms with E-state index in [1.807, 2.05) is 0 Å². The Morgan fingerprint density at radius 2 is 2.36 bits per heavy atom. The smallest absolute Gasteiger partial charge is 0.327 e. The van der Waals surface area contributed by atoms with Crippen molar-refractivity contribution in [3.8, 4) is 0 Å². The standard InChI is InChI=1S/C10H16FNO2/c11-9-5-1-3-7-12(9)8-4-2-6-10(13)14/h2,6,9H,1,3-5,7-8H2,(H,13,14). The van der Waals surface area contributed by atoms with Gasteiger partial charge in [-0.3, -0.25) is 4.90 Å². The molecule has 1 heterocycles. The number of piperidine rings is 1. The highest BCUT2D eigenvalue weighted by atomic mass is 19.1. The van der Waals surface area contributed by atoms with E-state index in [-0.39, 0.29) is 0 Å². The Kier molecular flexibility index (Phi) is 4.59. The van der Waals surface area contributed by atoms with Crippen LogP contribution in [0.5, 0.6) is 0 Å². The lowest BCUT2D eigenvalue weighted by molar-refractivity contribution is -0.131. The van der Waals surface area contributed by atoms with E-state index in [1.165, 1.54) is 0 Å². The lowest BCUT2D eigenvalue weighted by atomic mass is 10.1. The van der Waals surface area contributed by atoms with Crippen molar-refractivity contribution in [1.82, 2.24) is 4.90 Å². The third-order valence-electron chi connectivity index (χ3n) is 2.38. The van der Waals surface area contributed by atoms with Crippen LogP contribution in [0.1, 0.15) is 25.7 Å². The van der Waals surface area contributed by atoms with E-state index < -0.39 is 12.3 Å². The summed E-state index contributed by atoms with van der Waals surface area (Å²) in [5, 5.41) is 8.33. The predicted octanol–water partition coefficient (Wildman–Crippen LogP) is 1.80. The largest absolute Gasteiger partial charge is 0.478 e. The van der Waals surface area contributed by atoms with Gasteiger partial charge in [-0.2, -0.15) is 0 Å². The fourth-order valence-electron chi connectivity index (χ4n) is 1.63. The number of carbonyl (C=O) groups is 1. The number of hydrogen-bond donors (Lipinski definition) is 1. The maximum absolute atomic E-state index is 13.2. The van der Waals surface area contributed by atoms with Crippen LogP contribution in [0.2, 0.25) is 0 Å². The van der Waals surface area contributed by atoms with Crippen LogP contribution in [-0.2, 0) is 4.79 Å². The second-order valence-corrected chi connectivity index (χ2v) is 3.50. The van der Waals surface area contributed by atoms with Crippen molar-refractivity contribution in [1.29, 1.82) is 0 Å². The molecule has 14 heavy (non-hydrogen) atoms. The van der Waals surface area contributed by atoms with Crippen LogP contribution in [0.15, 0.2) is 12.2 Å². The summed E-state index contributed by atoms with van der Waals surface area (Å²) in [6.07, 6.45) is 5.07. The number of carboxylic acid groups (broad SMARTS) is 1. The van der Waals surface area contributed by atoms with Crippen LogP contribution in [0.25, 0.3) is 0 Å². The van der Waals surface area contributed by atoms with Gasteiger partial charge in [0.15, 0.2) is 6.30 Å². The van der Waals surface area contributed by atoms with Crippen molar-refractivity contribution >= 4 is 5.97 Å². The SMILES string of the molecule is O=C(O)C=CCCN1CCCCC1F. The molecular weight excluding hydrogens is 185 g/mol. The van der Waals surface area contributed by atoms with Crippen LogP contribution >= 0.6 is 0 Å². The summed E-state index contributed by atoms with van der Waals surface area (Å²) in [5.41, 5.74) is 0. The lowest BCUT2D eigenvalue weighted by Gasteiger charge is -2.29. The van der Waals surface area contributed by atoms with Gasteiger partial charge in [-0.1, -0.05) is 6.08 Å². The molecule has 4 heteroatoms. The number of likely N-dealkylation sites (tertiary alicyclic amines) is 1. The van der Waals surface area contributed by atoms with Crippen LogP contribution in [0, 0.1) is 0 Å². The molecule has 0 amide bonds.